The van der Waals surface area contributed by atoms with E-state index in [2.05, 4.69) is 15.0 Å². The van der Waals surface area contributed by atoms with Gasteiger partial charge in [0.2, 0.25) is 0 Å². The highest BCUT2D eigenvalue weighted by molar-refractivity contribution is 7.93. The number of aromatic nitrogens is 1. The lowest BCUT2D eigenvalue weighted by Gasteiger charge is -2.70. The molecule has 36 heavy (non-hydrogen) atoms. The van der Waals surface area contributed by atoms with Crippen LogP contribution in [0.2, 0.25) is 0 Å². The maximum atomic E-state index is 15.1. The molecule has 1 aliphatic carbocycles. The van der Waals surface area contributed by atoms with Crippen LogP contribution in [0.25, 0.3) is 0 Å². The van der Waals surface area contributed by atoms with Crippen LogP contribution in [0.3, 0.4) is 0 Å². The first-order valence-electron chi connectivity index (χ1n) is 12.0. The number of quaternary nitrogens is 1. The van der Waals surface area contributed by atoms with Crippen LogP contribution in [0.4, 0.5) is 28.4 Å². The van der Waals surface area contributed by atoms with E-state index in [-0.39, 0.29) is 21.7 Å². The lowest BCUT2D eigenvalue weighted by Crippen LogP contribution is -2.90. The number of hydrogen-bond acceptors (Lipinski definition) is 6. The van der Waals surface area contributed by atoms with E-state index < -0.39 is 39.0 Å². The number of benzene rings is 1. The number of nitrogens with zero attached hydrogens (tertiary/aromatic N) is 3. The number of fused-ring (bicyclic) bond motifs is 1. The van der Waals surface area contributed by atoms with Gasteiger partial charge in [0.25, 0.3) is 10.0 Å². The molecule has 198 valence electrons. The molecule has 13 heteroatoms. The first-order chi connectivity index (χ1) is 16.8. The van der Waals surface area contributed by atoms with E-state index in [0.29, 0.717) is 43.7 Å². The molecular formula is C23H30F4N5O2S2+. The summed E-state index contributed by atoms with van der Waals surface area (Å²) in [7, 11) is -2.27. The molecule has 3 fully saturated rings. The third kappa shape index (κ3) is 4.48. The topological polar surface area (TPSA) is 74.3 Å². The quantitative estimate of drug-likeness (QED) is 0.401. The van der Waals surface area contributed by atoms with Crippen LogP contribution < -0.4 is 10.0 Å². The van der Waals surface area contributed by atoms with Gasteiger partial charge >= 0.3 is 6.18 Å². The minimum atomic E-state index is -4.28. The van der Waals surface area contributed by atoms with Gasteiger partial charge in [-0.1, -0.05) is 6.42 Å². The van der Waals surface area contributed by atoms with Crippen molar-refractivity contribution >= 4 is 32.2 Å². The number of aryl methyl sites for hydroxylation is 1. The Hall–Kier alpha value is -1.96. The molecule has 7 nitrogen and oxygen atoms in total. The molecule has 1 saturated carbocycles. The lowest BCUT2D eigenvalue weighted by molar-refractivity contribution is -1.03. The molecule has 0 spiro atoms. The molecule has 1 aromatic carbocycles. The number of sulfonamides is 1. The Morgan fingerprint density at radius 3 is 2.67 bits per heavy atom. The highest BCUT2D eigenvalue weighted by atomic mass is 32.2. The van der Waals surface area contributed by atoms with Crippen molar-refractivity contribution in [1.82, 2.24) is 9.88 Å². The van der Waals surface area contributed by atoms with Gasteiger partial charge in [0, 0.05) is 23.7 Å². The van der Waals surface area contributed by atoms with Gasteiger partial charge in [-0.05, 0) is 44.5 Å². The normalized spacial score (nSPS) is 29.2. The van der Waals surface area contributed by atoms with Gasteiger partial charge in [-0.15, -0.1) is 11.3 Å². The van der Waals surface area contributed by atoms with Gasteiger partial charge in [0.1, 0.15) is 34.9 Å². The number of nitrogens with one attached hydrogen (secondary N) is 2. The maximum absolute atomic E-state index is 15.1. The zero-order valence-corrected chi connectivity index (χ0v) is 21.7. The average Bonchev–Trinajstić information content (AvgIpc) is 3.24. The molecular weight excluding hydrogens is 518 g/mol. The fourth-order valence-corrected chi connectivity index (χ4v) is 8.51. The summed E-state index contributed by atoms with van der Waals surface area (Å²) in [6.07, 6.45) is 0.280. The summed E-state index contributed by atoms with van der Waals surface area (Å²) < 4.78 is 84.1. The smallest absolute Gasteiger partial charge is 0.369 e. The molecule has 1 aromatic heterocycles. The molecule has 3 aliphatic rings. The molecule has 2 saturated heterocycles. The van der Waals surface area contributed by atoms with Crippen LogP contribution in [-0.2, 0) is 10.0 Å². The number of rotatable bonds is 7. The highest BCUT2D eigenvalue weighted by Gasteiger charge is 2.71. The fourth-order valence-electron chi connectivity index (χ4n) is 6.57. The minimum Gasteiger partial charge on any atom is -0.369 e. The zero-order valence-electron chi connectivity index (χ0n) is 20.1. The molecule has 2 aromatic rings. The summed E-state index contributed by atoms with van der Waals surface area (Å²) in [5.74, 6) is -0.924. The van der Waals surface area contributed by atoms with E-state index >= 15 is 4.39 Å². The van der Waals surface area contributed by atoms with Crippen LogP contribution in [0.1, 0.15) is 31.2 Å². The summed E-state index contributed by atoms with van der Waals surface area (Å²) in [6.45, 7) is 2.41. The molecule has 3 atom stereocenters. The lowest BCUT2D eigenvalue weighted by atomic mass is 9.65. The summed E-state index contributed by atoms with van der Waals surface area (Å²) >= 11 is 1.08. The van der Waals surface area contributed by atoms with Gasteiger partial charge in [-0.3, -0.25) is 9.62 Å². The van der Waals surface area contributed by atoms with Gasteiger partial charge in [-0.2, -0.15) is 13.2 Å². The van der Waals surface area contributed by atoms with Crippen molar-refractivity contribution in [2.24, 2.45) is 0 Å². The monoisotopic (exact) mass is 548 g/mol. The van der Waals surface area contributed by atoms with E-state index in [4.69, 9.17) is 0 Å². The van der Waals surface area contributed by atoms with Gasteiger partial charge in [0.05, 0.1) is 13.1 Å². The van der Waals surface area contributed by atoms with Crippen molar-refractivity contribution in [3.05, 3.63) is 35.1 Å². The number of likely N-dealkylation sites (tertiary alicyclic amines) is 2. The molecule has 0 amide bonds. The maximum Gasteiger partial charge on any atom is 0.438 e. The van der Waals surface area contributed by atoms with Crippen LogP contribution >= 0.6 is 11.3 Å². The minimum absolute atomic E-state index is 0.0204. The first kappa shape index (κ1) is 25.7. The van der Waals surface area contributed by atoms with Gasteiger partial charge < -0.3 is 9.80 Å². The van der Waals surface area contributed by atoms with E-state index in [1.54, 1.807) is 12.3 Å². The number of likely N-dealkylation sites (N-methyl/N-ethyl adjacent to an activating group) is 1. The standard InChI is InChI=1S/C23H30F4N5O2S2/c1-15-9-19(36(33,34)30-21-28-7-8-35-21)17(24)10-18(15)29-22-6-4-3-5-20(22)32(13-22,14-23(25,26)27)16-11-31(2)12-16/h7-10,16,20,29H,3-6,11-14H2,1-2H3,(H,28,30)/q+1/t20-,22?,32?/m0/s1. The van der Waals surface area contributed by atoms with Crippen LogP contribution in [0.15, 0.2) is 28.6 Å². The number of alkyl halides is 3. The first-order valence-corrected chi connectivity index (χ1v) is 14.3. The predicted molar refractivity (Wildman–Crippen MR) is 130 cm³/mol. The van der Waals surface area contributed by atoms with Crippen molar-refractivity contribution in [2.75, 3.05) is 43.3 Å². The summed E-state index contributed by atoms with van der Waals surface area (Å²) in [6, 6.07) is 2.11. The van der Waals surface area contributed by atoms with Gasteiger partial charge in [0.15, 0.2) is 11.7 Å². The third-order valence-corrected chi connectivity index (χ3v) is 10.2. The zero-order chi connectivity index (χ0) is 25.9. The number of hydrogen-bond donors (Lipinski definition) is 2. The number of thiazole rings is 1. The van der Waals surface area contributed by atoms with E-state index in [1.165, 1.54) is 12.3 Å². The molecule has 0 radical (unpaired) electrons. The fraction of sp³-hybridized carbons (Fsp3) is 0.609. The second-order valence-electron chi connectivity index (χ2n) is 10.5. The van der Waals surface area contributed by atoms with Crippen molar-refractivity contribution in [1.29, 1.82) is 0 Å². The Kier molecular flexibility index (Phi) is 6.29. The SMILES string of the molecule is Cc1cc(S(=O)(=O)Nc2nccs2)c(F)cc1NC12CCCC[C@@H]1[N+](CC(F)(F)F)(C1CN(C)C1)C2. The molecule has 5 rings (SSSR count). The molecule has 2 aliphatic heterocycles. The van der Waals surface area contributed by atoms with Crippen molar-refractivity contribution in [3.8, 4) is 0 Å². The molecule has 2 N–H and O–H groups in total. The largest absolute Gasteiger partial charge is 0.438 e. The molecule has 0 bridgehead atoms. The van der Waals surface area contributed by atoms with E-state index in [9.17, 15) is 21.6 Å². The second-order valence-corrected chi connectivity index (χ2v) is 13.0. The highest BCUT2D eigenvalue weighted by Crippen LogP contribution is 2.52. The Labute approximate surface area is 212 Å². The van der Waals surface area contributed by atoms with Crippen molar-refractivity contribution in [2.45, 2.75) is 61.3 Å². The summed E-state index contributed by atoms with van der Waals surface area (Å²) in [4.78, 5) is 5.42. The predicted octanol–water partition coefficient (Wildman–Crippen LogP) is 4.19. The van der Waals surface area contributed by atoms with E-state index in [0.717, 1.165) is 30.2 Å². The third-order valence-electron chi connectivity index (χ3n) is 8.04. The number of halogens is 4. The Balaban J connectivity index is 1.43. The second kappa shape index (κ2) is 8.81. The summed E-state index contributed by atoms with van der Waals surface area (Å²) in [5, 5.41) is 5.15. The van der Waals surface area contributed by atoms with Crippen LogP contribution in [0, 0.1) is 12.7 Å². The van der Waals surface area contributed by atoms with Crippen molar-refractivity contribution < 1.29 is 30.5 Å². The molecule has 2 unspecified atom stereocenters. The average molecular weight is 549 g/mol. The van der Waals surface area contributed by atoms with E-state index in [1.807, 2.05) is 11.9 Å². The molecule has 3 heterocycles. The Morgan fingerprint density at radius 2 is 2.03 bits per heavy atom. The Morgan fingerprint density at radius 1 is 1.28 bits per heavy atom. The van der Waals surface area contributed by atoms with Crippen LogP contribution in [-0.4, -0.2) is 79.8 Å². The van der Waals surface area contributed by atoms with Crippen LogP contribution in [0.5, 0.6) is 0 Å². The Bertz CT molecular complexity index is 1230. The van der Waals surface area contributed by atoms with Gasteiger partial charge in [-0.25, -0.2) is 17.8 Å². The number of anilines is 2. The van der Waals surface area contributed by atoms with Crippen molar-refractivity contribution in [3.63, 3.8) is 0 Å². The summed E-state index contributed by atoms with van der Waals surface area (Å²) in [5.41, 5.74) is 0.357.